The van der Waals surface area contributed by atoms with E-state index < -0.39 is 11.3 Å². The molecule has 1 aromatic carbocycles. The summed E-state index contributed by atoms with van der Waals surface area (Å²) < 4.78 is 5.13. The molecule has 5 heteroatoms. The lowest BCUT2D eigenvalue weighted by molar-refractivity contribution is -0.148. The van der Waals surface area contributed by atoms with E-state index in [1.165, 1.54) is 0 Å². The van der Waals surface area contributed by atoms with Gasteiger partial charge < -0.3 is 10.1 Å². The van der Waals surface area contributed by atoms with E-state index in [0.29, 0.717) is 25.9 Å². The Kier molecular flexibility index (Phi) is 6.36. The predicted molar refractivity (Wildman–Crippen MR) is 89.8 cm³/mol. The van der Waals surface area contributed by atoms with Gasteiger partial charge in [0.15, 0.2) is 0 Å². The maximum absolute atomic E-state index is 12.4. The van der Waals surface area contributed by atoms with Gasteiger partial charge in [0.25, 0.3) is 0 Å². The van der Waals surface area contributed by atoms with Gasteiger partial charge in [0, 0.05) is 6.54 Å². The Balaban J connectivity index is 2.01. The van der Waals surface area contributed by atoms with E-state index in [9.17, 15) is 14.9 Å². The molecule has 2 rings (SSSR count). The minimum Gasteiger partial charge on any atom is -0.466 e. The number of rotatable bonds is 7. The van der Waals surface area contributed by atoms with Crippen molar-refractivity contribution in [3.63, 3.8) is 0 Å². The molecule has 1 aromatic rings. The van der Waals surface area contributed by atoms with Crippen molar-refractivity contribution in [1.82, 2.24) is 5.32 Å². The topological polar surface area (TPSA) is 79.2 Å². The molecule has 128 valence electrons. The van der Waals surface area contributed by atoms with E-state index in [0.717, 1.165) is 18.4 Å². The van der Waals surface area contributed by atoms with Gasteiger partial charge in [-0.05, 0) is 31.7 Å². The molecule has 1 atom stereocenters. The molecule has 0 radical (unpaired) electrons. The van der Waals surface area contributed by atoms with Crippen LogP contribution >= 0.6 is 0 Å². The van der Waals surface area contributed by atoms with E-state index in [4.69, 9.17) is 4.74 Å². The molecule has 0 aliphatic heterocycles. The number of nitrogens with zero attached hydrogens (tertiary/aromatic N) is 1. The van der Waals surface area contributed by atoms with Gasteiger partial charge in [-0.1, -0.05) is 43.2 Å². The Morgan fingerprint density at radius 1 is 1.29 bits per heavy atom. The summed E-state index contributed by atoms with van der Waals surface area (Å²) in [5, 5.41) is 12.2. The van der Waals surface area contributed by atoms with Crippen LogP contribution in [0.15, 0.2) is 30.3 Å². The number of nitrogens with one attached hydrogen (secondary N) is 1. The molecular formula is C19H24N2O3. The molecule has 0 aromatic heterocycles. The second kappa shape index (κ2) is 8.49. The Morgan fingerprint density at radius 3 is 2.54 bits per heavy atom. The van der Waals surface area contributed by atoms with Gasteiger partial charge in [-0.25, -0.2) is 0 Å². The number of hydrogen-bond donors (Lipinski definition) is 1. The lowest BCUT2D eigenvalue weighted by Crippen LogP contribution is -2.42. The summed E-state index contributed by atoms with van der Waals surface area (Å²) in [4.78, 5) is 24.6. The Hall–Kier alpha value is -2.35. The SMILES string of the molecule is CCOC(=O)[C@H](CNC(=O)C1(C#N)CCCC1)Cc1ccccc1. The zero-order chi connectivity index (χ0) is 17.4. The van der Waals surface area contributed by atoms with E-state index in [2.05, 4.69) is 11.4 Å². The fourth-order valence-corrected chi connectivity index (χ4v) is 3.15. The largest absolute Gasteiger partial charge is 0.466 e. The molecule has 1 saturated carbocycles. The second-order valence-corrected chi connectivity index (χ2v) is 6.25. The van der Waals surface area contributed by atoms with Crippen LogP contribution in [0.5, 0.6) is 0 Å². The molecule has 0 bridgehead atoms. The molecule has 5 nitrogen and oxygen atoms in total. The first-order valence-electron chi connectivity index (χ1n) is 8.51. The fraction of sp³-hybridized carbons (Fsp3) is 0.526. The van der Waals surface area contributed by atoms with Crippen LogP contribution in [-0.4, -0.2) is 25.0 Å². The summed E-state index contributed by atoms with van der Waals surface area (Å²) in [6.45, 7) is 2.26. The van der Waals surface area contributed by atoms with Crippen LogP contribution in [0, 0.1) is 22.7 Å². The normalized spacial score (nSPS) is 16.8. The van der Waals surface area contributed by atoms with Crippen molar-refractivity contribution in [1.29, 1.82) is 5.26 Å². The van der Waals surface area contributed by atoms with Crippen molar-refractivity contribution in [3.05, 3.63) is 35.9 Å². The molecular weight excluding hydrogens is 304 g/mol. The minimum atomic E-state index is -0.925. The fourth-order valence-electron chi connectivity index (χ4n) is 3.15. The van der Waals surface area contributed by atoms with E-state index >= 15 is 0 Å². The number of benzene rings is 1. The van der Waals surface area contributed by atoms with E-state index in [1.807, 2.05) is 30.3 Å². The molecule has 0 spiro atoms. The van der Waals surface area contributed by atoms with Crippen LogP contribution in [0.2, 0.25) is 0 Å². The third kappa shape index (κ3) is 4.35. The highest BCUT2D eigenvalue weighted by molar-refractivity contribution is 5.86. The van der Waals surface area contributed by atoms with Gasteiger partial charge in [-0.3, -0.25) is 9.59 Å². The molecule has 0 heterocycles. The van der Waals surface area contributed by atoms with Gasteiger partial charge in [0.05, 0.1) is 18.6 Å². The molecule has 24 heavy (non-hydrogen) atoms. The number of carbonyl (C=O) groups is 2. The average Bonchev–Trinajstić information content (AvgIpc) is 3.09. The maximum atomic E-state index is 12.4. The second-order valence-electron chi connectivity index (χ2n) is 6.25. The predicted octanol–water partition coefficient (Wildman–Crippen LogP) is 2.61. The van der Waals surface area contributed by atoms with Gasteiger partial charge >= 0.3 is 5.97 Å². The first kappa shape index (κ1) is 18.0. The molecule has 1 amide bonds. The quantitative estimate of drug-likeness (QED) is 0.780. The molecule has 1 fully saturated rings. The van der Waals surface area contributed by atoms with Crippen molar-refractivity contribution in [2.24, 2.45) is 11.3 Å². The van der Waals surface area contributed by atoms with Crippen LogP contribution in [0.3, 0.4) is 0 Å². The summed E-state index contributed by atoms with van der Waals surface area (Å²) in [6.07, 6.45) is 3.48. The van der Waals surface area contributed by atoms with Gasteiger partial charge in [0.1, 0.15) is 5.41 Å². The molecule has 1 aliphatic rings. The molecule has 1 N–H and O–H groups in total. The number of esters is 1. The summed E-state index contributed by atoms with van der Waals surface area (Å²) in [5.41, 5.74) is 0.0899. The van der Waals surface area contributed by atoms with Crippen molar-refractivity contribution in [2.45, 2.75) is 39.0 Å². The van der Waals surface area contributed by atoms with Crippen LogP contribution in [0.1, 0.15) is 38.2 Å². The van der Waals surface area contributed by atoms with Gasteiger partial charge in [-0.15, -0.1) is 0 Å². The highest BCUT2D eigenvalue weighted by atomic mass is 16.5. The van der Waals surface area contributed by atoms with Gasteiger partial charge in [-0.2, -0.15) is 5.26 Å². The zero-order valence-corrected chi connectivity index (χ0v) is 14.1. The van der Waals surface area contributed by atoms with Crippen LogP contribution in [0.25, 0.3) is 0 Å². The summed E-state index contributed by atoms with van der Waals surface area (Å²) in [7, 11) is 0. The summed E-state index contributed by atoms with van der Waals surface area (Å²) in [6, 6.07) is 11.8. The lowest BCUT2D eigenvalue weighted by Gasteiger charge is -2.22. The Morgan fingerprint density at radius 2 is 1.96 bits per heavy atom. The number of amides is 1. The highest BCUT2D eigenvalue weighted by Gasteiger charge is 2.41. The van der Waals surface area contributed by atoms with Crippen molar-refractivity contribution < 1.29 is 14.3 Å². The minimum absolute atomic E-state index is 0.190. The van der Waals surface area contributed by atoms with E-state index in [-0.39, 0.29) is 18.4 Å². The average molecular weight is 328 g/mol. The number of nitriles is 1. The monoisotopic (exact) mass is 328 g/mol. The lowest BCUT2D eigenvalue weighted by atomic mass is 9.86. The Bertz CT molecular complexity index is 601. The third-order valence-electron chi connectivity index (χ3n) is 4.56. The van der Waals surface area contributed by atoms with Crippen LogP contribution in [0.4, 0.5) is 0 Å². The maximum Gasteiger partial charge on any atom is 0.311 e. The third-order valence-corrected chi connectivity index (χ3v) is 4.56. The van der Waals surface area contributed by atoms with Crippen molar-refractivity contribution in [2.75, 3.05) is 13.2 Å². The molecule has 1 aliphatic carbocycles. The van der Waals surface area contributed by atoms with Gasteiger partial charge in [0.2, 0.25) is 5.91 Å². The molecule has 0 unspecified atom stereocenters. The zero-order valence-electron chi connectivity index (χ0n) is 14.1. The van der Waals surface area contributed by atoms with E-state index in [1.54, 1.807) is 6.92 Å². The van der Waals surface area contributed by atoms with Crippen molar-refractivity contribution in [3.8, 4) is 6.07 Å². The van der Waals surface area contributed by atoms with Crippen molar-refractivity contribution >= 4 is 11.9 Å². The first-order chi connectivity index (χ1) is 11.6. The smallest absolute Gasteiger partial charge is 0.311 e. The standard InChI is InChI=1S/C19H24N2O3/c1-2-24-17(22)16(12-15-8-4-3-5-9-15)13-21-18(23)19(14-20)10-6-7-11-19/h3-5,8-9,16H,2,6-7,10-13H2,1H3,(H,21,23)/t16-/m0/s1. The first-order valence-corrected chi connectivity index (χ1v) is 8.51. The molecule has 0 saturated heterocycles. The summed E-state index contributed by atoms with van der Waals surface area (Å²) in [5.74, 6) is -1.03. The number of hydrogen-bond acceptors (Lipinski definition) is 4. The van der Waals surface area contributed by atoms with Crippen LogP contribution < -0.4 is 5.32 Å². The van der Waals surface area contributed by atoms with Crippen LogP contribution in [-0.2, 0) is 20.7 Å². The number of carbonyl (C=O) groups excluding carboxylic acids is 2. The summed E-state index contributed by atoms with van der Waals surface area (Å²) >= 11 is 0. The number of ether oxygens (including phenoxy) is 1. The Labute approximate surface area is 143 Å². The highest BCUT2D eigenvalue weighted by Crippen LogP contribution is 2.37.